The average Bonchev–Trinajstić information content (AvgIpc) is 2.63. The van der Waals surface area contributed by atoms with E-state index in [-0.39, 0.29) is 0 Å². The van der Waals surface area contributed by atoms with Crippen molar-refractivity contribution in [3.05, 3.63) is 55.3 Å². The fourth-order valence-electron chi connectivity index (χ4n) is 1.43. The van der Waals surface area contributed by atoms with Gasteiger partial charge < -0.3 is 0 Å². The zero-order valence-corrected chi connectivity index (χ0v) is 7.93. The van der Waals surface area contributed by atoms with E-state index in [1.807, 2.05) is 35.2 Å². The van der Waals surface area contributed by atoms with Crippen molar-refractivity contribution in [3.8, 4) is 0 Å². The Morgan fingerprint density at radius 1 is 1.36 bits per heavy atom. The minimum atomic E-state index is 0.791. The molecule has 0 aliphatic heterocycles. The summed E-state index contributed by atoms with van der Waals surface area (Å²) >= 11 is 0. The van der Waals surface area contributed by atoms with Crippen molar-refractivity contribution in [2.75, 3.05) is 0 Å². The second kappa shape index (κ2) is 3.92. The SMILES string of the molecule is C=C/C=C/Cn1ncc2ccccc21. The molecule has 70 valence electrons. The van der Waals surface area contributed by atoms with E-state index in [0.717, 1.165) is 6.54 Å². The molecule has 1 heterocycles. The third-order valence-electron chi connectivity index (χ3n) is 2.10. The van der Waals surface area contributed by atoms with Gasteiger partial charge in [0.05, 0.1) is 18.3 Å². The van der Waals surface area contributed by atoms with E-state index in [0.29, 0.717) is 0 Å². The molecule has 0 saturated carbocycles. The first-order chi connectivity index (χ1) is 6.92. The first-order valence-electron chi connectivity index (χ1n) is 4.60. The molecule has 0 bridgehead atoms. The molecule has 2 rings (SSSR count). The molecule has 0 spiro atoms. The lowest BCUT2D eigenvalue weighted by Crippen LogP contribution is -1.96. The van der Waals surface area contributed by atoms with E-state index in [1.54, 1.807) is 6.08 Å². The van der Waals surface area contributed by atoms with Gasteiger partial charge in [-0.3, -0.25) is 4.68 Å². The van der Waals surface area contributed by atoms with Gasteiger partial charge in [-0.25, -0.2) is 0 Å². The minimum absolute atomic E-state index is 0.791. The van der Waals surface area contributed by atoms with Crippen LogP contribution in [-0.4, -0.2) is 9.78 Å². The van der Waals surface area contributed by atoms with Crippen LogP contribution < -0.4 is 0 Å². The van der Waals surface area contributed by atoms with Crippen LogP contribution in [-0.2, 0) is 6.54 Å². The van der Waals surface area contributed by atoms with E-state index in [9.17, 15) is 0 Å². The standard InChI is InChI=1S/C12H12N2/c1-2-3-6-9-14-12-8-5-4-7-11(12)10-13-14/h2-8,10H,1,9H2/b6-3+. The van der Waals surface area contributed by atoms with Crippen molar-refractivity contribution in [1.82, 2.24) is 9.78 Å². The molecule has 0 N–H and O–H groups in total. The van der Waals surface area contributed by atoms with E-state index in [1.165, 1.54) is 10.9 Å². The summed E-state index contributed by atoms with van der Waals surface area (Å²) in [4.78, 5) is 0. The fraction of sp³-hybridized carbons (Fsp3) is 0.0833. The van der Waals surface area contributed by atoms with Crippen molar-refractivity contribution < 1.29 is 0 Å². The van der Waals surface area contributed by atoms with E-state index in [2.05, 4.69) is 23.8 Å². The molecule has 0 amide bonds. The van der Waals surface area contributed by atoms with Crippen molar-refractivity contribution in [2.45, 2.75) is 6.54 Å². The summed E-state index contributed by atoms with van der Waals surface area (Å²) in [6, 6.07) is 8.19. The molecule has 0 atom stereocenters. The quantitative estimate of drug-likeness (QED) is 0.671. The van der Waals surface area contributed by atoms with Crippen molar-refractivity contribution in [2.24, 2.45) is 0 Å². The van der Waals surface area contributed by atoms with Gasteiger partial charge in [-0.2, -0.15) is 5.10 Å². The van der Waals surface area contributed by atoms with Gasteiger partial charge in [0.25, 0.3) is 0 Å². The number of benzene rings is 1. The van der Waals surface area contributed by atoms with Crippen molar-refractivity contribution >= 4 is 10.9 Å². The molecule has 2 heteroatoms. The van der Waals surface area contributed by atoms with E-state index in [4.69, 9.17) is 0 Å². The monoisotopic (exact) mass is 184 g/mol. The first-order valence-corrected chi connectivity index (χ1v) is 4.60. The average molecular weight is 184 g/mol. The molecule has 14 heavy (non-hydrogen) atoms. The summed E-state index contributed by atoms with van der Waals surface area (Å²) in [6.07, 6.45) is 7.62. The molecule has 0 fully saturated rings. The molecule has 0 unspecified atom stereocenters. The molecule has 1 aromatic carbocycles. The summed E-state index contributed by atoms with van der Waals surface area (Å²) in [5, 5.41) is 5.48. The molecular weight excluding hydrogens is 172 g/mol. The summed E-state index contributed by atoms with van der Waals surface area (Å²) in [6.45, 7) is 4.42. The van der Waals surface area contributed by atoms with Gasteiger partial charge in [0.1, 0.15) is 0 Å². The molecule has 0 aliphatic carbocycles. The maximum Gasteiger partial charge on any atom is 0.0686 e. The molecule has 0 radical (unpaired) electrons. The van der Waals surface area contributed by atoms with Gasteiger partial charge in [-0.05, 0) is 6.07 Å². The van der Waals surface area contributed by atoms with Gasteiger partial charge in [-0.1, -0.05) is 43.0 Å². The second-order valence-corrected chi connectivity index (χ2v) is 3.05. The highest BCUT2D eigenvalue weighted by molar-refractivity contribution is 5.78. The smallest absolute Gasteiger partial charge is 0.0686 e. The lowest BCUT2D eigenvalue weighted by atomic mass is 10.2. The number of rotatable bonds is 3. The molecule has 0 aliphatic rings. The predicted molar refractivity (Wildman–Crippen MR) is 59.1 cm³/mol. The summed E-state index contributed by atoms with van der Waals surface area (Å²) in [5.74, 6) is 0. The van der Waals surface area contributed by atoms with E-state index < -0.39 is 0 Å². The number of hydrogen-bond donors (Lipinski definition) is 0. The van der Waals surface area contributed by atoms with Gasteiger partial charge >= 0.3 is 0 Å². The predicted octanol–water partition coefficient (Wildman–Crippen LogP) is 2.78. The Morgan fingerprint density at radius 3 is 3.07 bits per heavy atom. The van der Waals surface area contributed by atoms with Crippen LogP contribution >= 0.6 is 0 Å². The number of aromatic nitrogens is 2. The Kier molecular flexibility index (Phi) is 2.45. The van der Waals surface area contributed by atoms with Gasteiger partial charge in [0.2, 0.25) is 0 Å². The van der Waals surface area contributed by atoms with Gasteiger partial charge in [-0.15, -0.1) is 0 Å². The van der Waals surface area contributed by atoms with Gasteiger partial charge in [0, 0.05) is 5.39 Å². The zero-order valence-electron chi connectivity index (χ0n) is 7.93. The van der Waals surface area contributed by atoms with Crippen LogP contribution in [0.5, 0.6) is 0 Å². The van der Waals surface area contributed by atoms with Crippen molar-refractivity contribution in [3.63, 3.8) is 0 Å². The van der Waals surface area contributed by atoms with Crippen LogP contribution in [0.4, 0.5) is 0 Å². The van der Waals surface area contributed by atoms with E-state index >= 15 is 0 Å². The lowest BCUT2D eigenvalue weighted by molar-refractivity contribution is 0.728. The maximum atomic E-state index is 4.30. The van der Waals surface area contributed by atoms with Gasteiger partial charge in [0.15, 0.2) is 0 Å². The number of allylic oxidation sites excluding steroid dienone is 3. The highest BCUT2D eigenvalue weighted by atomic mass is 15.3. The lowest BCUT2D eigenvalue weighted by Gasteiger charge is -1.97. The van der Waals surface area contributed by atoms with Crippen LogP contribution in [0.3, 0.4) is 0 Å². The highest BCUT2D eigenvalue weighted by Crippen LogP contribution is 2.12. The molecule has 1 aromatic heterocycles. The zero-order chi connectivity index (χ0) is 9.80. The normalized spacial score (nSPS) is 11.1. The molecule has 2 aromatic rings. The number of nitrogens with zero attached hydrogens (tertiary/aromatic N) is 2. The van der Waals surface area contributed by atoms with Crippen LogP contribution in [0.2, 0.25) is 0 Å². The Morgan fingerprint density at radius 2 is 2.21 bits per heavy atom. The van der Waals surface area contributed by atoms with Crippen LogP contribution in [0.1, 0.15) is 0 Å². The molecular formula is C12H12N2. The van der Waals surface area contributed by atoms with Crippen molar-refractivity contribution in [1.29, 1.82) is 0 Å². The van der Waals surface area contributed by atoms with Crippen LogP contribution in [0, 0.1) is 0 Å². The third-order valence-corrected chi connectivity index (χ3v) is 2.10. The highest BCUT2D eigenvalue weighted by Gasteiger charge is 1.97. The Hall–Kier alpha value is -1.83. The summed E-state index contributed by atoms with van der Waals surface area (Å²) < 4.78 is 1.97. The fourth-order valence-corrected chi connectivity index (χ4v) is 1.43. The van der Waals surface area contributed by atoms with Crippen LogP contribution in [0.15, 0.2) is 55.3 Å². The number of hydrogen-bond acceptors (Lipinski definition) is 1. The summed E-state index contributed by atoms with van der Waals surface area (Å²) in [7, 11) is 0. The molecule has 0 saturated heterocycles. The Labute approximate surface area is 83.2 Å². The molecule has 2 nitrogen and oxygen atoms in total. The topological polar surface area (TPSA) is 17.8 Å². The third kappa shape index (κ3) is 1.59. The van der Waals surface area contributed by atoms with Crippen LogP contribution in [0.25, 0.3) is 10.9 Å². The number of para-hydroxylation sites is 1. The first kappa shape index (κ1) is 8.75. The largest absolute Gasteiger partial charge is 0.261 e. The minimum Gasteiger partial charge on any atom is -0.261 e. The number of fused-ring (bicyclic) bond motifs is 1. The second-order valence-electron chi connectivity index (χ2n) is 3.05. The Balaban J connectivity index is 2.33. The Bertz CT molecular complexity index is 466. The maximum absolute atomic E-state index is 4.30. The summed E-state index contributed by atoms with van der Waals surface area (Å²) in [5.41, 5.74) is 1.17.